The molecule has 2 aromatic rings. The topological polar surface area (TPSA) is 110 Å². The lowest BCUT2D eigenvalue weighted by Gasteiger charge is -2.06. The maximum atomic E-state index is 11.5. The zero-order chi connectivity index (χ0) is 13.8. The number of hydrogen-bond donors (Lipinski definition) is 3. The normalized spacial score (nSPS) is 10.2. The third kappa shape index (κ3) is 2.96. The molecule has 1 aromatic carbocycles. The first-order chi connectivity index (χ1) is 9.10. The molecule has 19 heavy (non-hydrogen) atoms. The molecule has 0 spiro atoms. The van der Waals surface area contributed by atoms with Crippen LogP contribution in [0.25, 0.3) is 0 Å². The van der Waals surface area contributed by atoms with E-state index in [2.05, 4.69) is 5.10 Å². The summed E-state index contributed by atoms with van der Waals surface area (Å²) in [5, 5.41) is 2.42. The zero-order valence-electron chi connectivity index (χ0n) is 9.92. The average Bonchev–Trinajstić information content (AvgIpc) is 2.43. The highest BCUT2D eigenvalue weighted by Crippen LogP contribution is 2.04. The molecule has 0 saturated carbocycles. The summed E-state index contributed by atoms with van der Waals surface area (Å²) < 4.78 is 1.19. The lowest BCUT2D eigenvalue weighted by molar-refractivity contribution is 0.0953. The summed E-state index contributed by atoms with van der Waals surface area (Å²) in [6.45, 7) is 0.222. The Labute approximate surface area is 107 Å². The molecule has 7 nitrogen and oxygen atoms in total. The van der Waals surface area contributed by atoms with Crippen LogP contribution in [0.2, 0.25) is 0 Å². The number of aromatic nitrogens is 2. The van der Waals surface area contributed by atoms with Gasteiger partial charge in [-0.1, -0.05) is 12.1 Å². The van der Waals surface area contributed by atoms with Gasteiger partial charge in [-0.15, -0.1) is 0 Å². The van der Waals surface area contributed by atoms with Crippen molar-refractivity contribution in [1.82, 2.24) is 15.2 Å². The molecular weight excluding hydrogens is 248 g/mol. The van der Waals surface area contributed by atoms with Crippen LogP contribution in [0.5, 0.6) is 0 Å². The molecule has 1 amide bonds. The predicted octanol–water partition coefficient (Wildman–Crippen LogP) is -0.812. The molecule has 0 atom stereocenters. The summed E-state index contributed by atoms with van der Waals surface area (Å²) in [4.78, 5) is 33.9. The second-order valence-corrected chi connectivity index (χ2v) is 3.90. The number of hydrazine groups is 1. The van der Waals surface area contributed by atoms with Gasteiger partial charge in [-0.2, -0.15) is 0 Å². The van der Waals surface area contributed by atoms with Gasteiger partial charge in [0.15, 0.2) is 0 Å². The highest BCUT2D eigenvalue weighted by molar-refractivity contribution is 5.93. The van der Waals surface area contributed by atoms with Gasteiger partial charge < -0.3 is 0 Å². The first-order valence-electron chi connectivity index (χ1n) is 5.50. The van der Waals surface area contributed by atoms with E-state index in [1.165, 1.54) is 16.8 Å². The predicted molar refractivity (Wildman–Crippen MR) is 68.5 cm³/mol. The fraction of sp³-hybridized carbons (Fsp3) is 0.0833. The molecular formula is C12H12N4O3. The number of nitrogens with zero attached hydrogens (tertiary/aromatic N) is 1. The van der Waals surface area contributed by atoms with Gasteiger partial charge in [0.05, 0.1) is 6.54 Å². The highest BCUT2D eigenvalue weighted by atomic mass is 16.2. The Hall–Kier alpha value is -2.67. The number of amides is 1. The number of carbonyl (C=O) groups excluding carboxylic acids is 1. The van der Waals surface area contributed by atoms with E-state index in [1.54, 1.807) is 24.3 Å². The Bertz CT molecular complexity index is 700. The maximum absolute atomic E-state index is 11.5. The second-order valence-electron chi connectivity index (χ2n) is 3.90. The SMILES string of the molecule is NNC(=O)c1ccc(Cn2[nH]c(=O)ccc2=O)cc1. The standard InChI is InChI=1S/C12H12N4O3/c13-14-12(19)9-3-1-8(2-4-9)7-16-11(18)6-5-10(17)15-16/h1-6H,7,13H2,(H,14,19)(H,15,17). The number of nitrogen functional groups attached to an aromatic ring is 1. The van der Waals surface area contributed by atoms with Gasteiger partial charge in [-0.25, -0.2) is 10.5 Å². The maximum Gasteiger partial charge on any atom is 0.265 e. The van der Waals surface area contributed by atoms with E-state index in [-0.39, 0.29) is 17.7 Å². The largest absolute Gasteiger partial charge is 0.290 e. The van der Waals surface area contributed by atoms with E-state index in [0.717, 1.165) is 5.56 Å². The Morgan fingerprint density at radius 3 is 2.47 bits per heavy atom. The molecule has 1 aromatic heterocycles. The average molecular weight is 260 g/mol. The van der Waals surface area contributed by atoms with Crippen LogP contribution in [-0.2, 0) is 6.54 Å². The molecule has 4 N–H and O–H groups in total. The fourth-order valence-corrected chi connectivity index (χ4v) is 1.61. The number of nitrogens with two attached hydrogens (primary N) is 1. The van der Waals surface area contributed by atoms with Crippen LogP contribution in [0.3, 0.4) is 0 Å². The summed E-state index contributed by atoms with van der Waals surface area (Å²) in [6.07, 6.45) is 0. The number of nitrogens with one attached hydrogen (secondary N) is 2. The van der Waals surface area contributed by atoms with Gasteiger partial charge in [0.25, 0.3) is 17.0 Å². The summed E-state index contributed by atoms with van der Waals surface area (Å²) in [5.41, 5.74) is 2.57. The van der Waals surface area contributed by atoms with Gasteiger partial charge in [0, 0.05) is 17.7 Å². The van der Waals surface area contributed by atoms with Crippen molar-refractivity contribution in [2.24, 2.45) is 5.84 Å². The van der Waals surface area contributed by atoms with Gasteiger partial charge in [-0.05, 0) is 17.7 Å². The number of carbonyl (C=O) groups is 1. The van der Waals surface area contributed by atoms with Gasteiger partial charge in [0.1, 0.15) is 0 Å². The molecule has 0 aliphatic rings. The van der Waals surface area contributed by atoms with Crippen LogP contribution in [0.1, 0.15) is 15.9 Å². The van der Waals surface area contributed by atoms with Crippen LogP contribution in [0, 0.1) is 0 Å². The van der Waals surface area contributed by atoms with Crippen LogP contribution in [0.15, 0.2) is 46.0 Å². The number of hydrogen-bond acceptors (Lipinski definition) is 4. The Kier molecular flexibility index (Phi) is 3.58. The fourth-order valence-electron chi connectivity index (χ4n) is 1.61. The number of aromatic amines is 1. The van der Waals surface area contributed by atoms with Crippen molar-refractivity contribution < 1.29 is 4.79 Å². The summed E-state index contributed by atoms with van der Waals surface area (Å²) >= 11 is 0. The van der Waals surface area contributed by atoms with Crippen LogP contribution in [-0.4, -0.2) is 15.7 Å². The molecule has 98 valence electrons. The van der Waals surface area contributed by atoms with E-state index in [9.17, 15) is 14.4 Å². The number of benzene rings is 1. The zero-order valence-corrected chi connectivity index (χ0v) is 9.92. The van der Waals surface area contributed by atoms with Crippen LogP contribution < -0.4 is 22.4 Å². The molecule has 1 heterocycles. The molecule has 7 heteroatoms. The minimum atomic E-state index is -0.392. The van der Waals surface area contributed by atoms with Crippen molar-refractivity contribution in [3.8, 4) is 0 Å². The first kappa shape index (κ1) is 12.8. The van der Waals surface area contributed by atoms with E-state index < -0.39 is 5.91 Å². The van der Waals surface area contributed by atoms with Crippen molar-refractivity contribution in [2.45, 2.75) is 6.54 Å². The second kappa shape index (κ2) is 5.32. The Morgan fingerprint density at radius 2 is 1.84 bits per heavy atom. The van der Waals surface area contributed by atoms with Crippen LogP contribution >= 0.6 is 0 Å². The third-order valence-corrected chi connectivity index (χ3v) is 2.58. The monoisotopic (exact) mass is 260 g/mol. The molecule has 0 aliphatic heterocycles. The quantitative estimate of drug-likeness (QED) is 0.381. The van der Waals surface area contributed by atoms with Crippen molar-refractivity contribution in [1.29, 1.82) is 0 Å². The lowest BCUT2D eigenvalue weighted by Crippen LogP contribution is -2.30. The van der Waals surface area contributed by atoms with Crippen molar-refractivity contribution in [2.75, 3.05) is 0 Å². The van der Waals surface area contributed by atoms with Crippen molar-refractivity contribution in [3.63, 3.8) is 0 Å². The van der Waals surface area contributed by atoms with Gasteiger partial charge in [0.2, 0.25) is 0 Å². The molecule has 0 radical (unpaired) electrons. The lowest BCUT2D eigenvalue weighted by atomic mass is 10.1. The Morgan fingerprint density at radius 1 is 1.16 bits per heavy atom. The van der Waals surface area contributed by atoms with Crippen molar-refractivity contribution >= 4 is 5.91 Å². The number of rotatable bonds is 3. The molecule has 0 unspecified atom stereocenters. The first-order valence-corrected chi connectivity index (χ1v) is 5.50. The summed E-state index contributed by atoms with van der Waals surface area (Å²) in [5.74, 6) is 4.63. The molecule has 0 fully saturated rings. The molecule has 0 aliphatic carbocycles. The summed E-state index contributed by atoms with van der Waals surface area (Å²) in [7, 11) is 0. The van der Waals surface area contributed by atoms with Gasteiger partial charge >= 0.3 is 0 Å². The van der Waals surface area contributed by atoms with E-state index in [0.29, 0.717) is 5.56 Å². The third-order valence-electron chi connectivity index (χ3n) is 2.58. The van der Waals surface area contributed by atoms with Gasteiger partial charge in [-0.3, -0.25) is 24.9 Å². The van der Waals surface area contributed by atoms with E-state index >= 15 is 0 Å². The Balaban J connectivity index is 2.24. The summed E-state index contributed by atoms with van der Waals surface area (Å²) in [6, 6.07) is 8.92. The molecule has 2 rings (SSSR count). The van der Waals surface area contributed by atoms with E-state index in [4.69, 9.17) is 5.84 Å². The van der Waals surface area contributed by atoms with Crippen molar-refractivity contribution in [3.05, 3.63) is 68.2 Å². The minimum absolute atomic E-state index is 0.222. The molecule has 0 bridgehead atoms. The minimum Gasteiger partial charge on any atom is -0.290 e. The smallest absolute Gasteiger partial charge is 0.265 e. The van der Waals surface area contributed by atoms with E-state index in [1.807, 2.05) is 5.43 Å². The highest BCUT2D eigenvalue weighted by Gasteiger charge is 2.03. The number of H-pyrrole nitrogens is 1. The molecule has 0 saturated heterocycles. The van der Waals surface area contributed by atoms with Crippen LogP contribution in [0.4, 0.5) is 0 Å².